The Labute approximate surface area is 134 Å². The molecule has 0 amide bonds. The SMILES string of the molecule is O=C1O[C@H](CO)[C@H]2ON3CCC[C@H](OCc4ccccc4)[C@@H]3[C@@H]12. The molecule has 0 saturated carbocycles. The predicted octanol–water partition coefficient (Wildman–Crippen LogP) is 0.884. The fraction of sp³-hybridized carbons (Fsp3) is 0.588. The minimum atomic E-state index is -0.562. The van der Waals surface area contributed by atoms with Gasteiger partial charge in [-0.3, -0.25) is 9.63 Å². The van der Waals surface area contributed by atoms with E-state index >= 15 is 0 Å². The van der Waals surface area contributed by atoms with Crippen LogP contribution in [0, 0.1) is 5.92 Å². The molecule has 0 spiro atoms. The summed E-state index contributed by atoms with van der Waals surface area (Å²) in [5, 5.41) is 11.2. The first kappa shape index (κ1) is 15.1. The number of rotatable bonds is 4. The Morgan fingerprint density at radius 3 is 2.91 bits per heavy atom. The van der Waals surface area contributed by atoms with Crippen molar-refractivity contribution in [3.8, 4) is 0 Å². The molecule has 0 unspecified atom stereocenters. The molecule has 3 saturated heterocycles. The summed E-state index contributed by atoms with van der Waals surface area (Å²) in [7, 11) is 0. The first-order valence-electron chi connectivity index (χ1n) is 8.18. The Balaban J connectivity index is 1.49. The molecule has 6 nitrogen and oxygen atoms in total. The van der Waals surface area contributed by atoms with E-state index in [9.17, 15) is 9.90 Å². The molecule has 1 aromatic carbocycles. The summed E-state index contributed by atoms with van der Waals surface area (Å²) in [5.74, 6) is -0.648. The molecule has 1 N–H and O–H groups in total. The molecule has 1 aromatic rings. The molecule has 0 radical (unpaired) electrons. The van der Waals surface area contributed by atoms with E-state index in [2.05, 4.69) is 0 Å². The number of hydrogen-bond donors (Lipinski definition) is 1. The predicted molar refractivity (Wildman–Crippen MR) is 80.1 cm³/mol. The van der Waals surface area contributed by atoms with Crippen molar-refractivity contribution in [2.24, 2.45) is 5.92 Å². The lowest BCUT2D eigenvalue weighted by molar-refractivity contribution is -0.217. The lowest BCUT2D eigenvalue weighted by Crippen LogP contribution is -2.49. The van der Waals surface area contributed by atoms with E-state index in [0.29, 0.717) is 6.61 Å². The largest absolute Gasteiger partial charge is 0.457 e. The molecule has 3 aliphatic rings. The van der Waals surface area contributed by atoms with Gasteiger partial charge in [-0.05, 0) is 18.4 Å². The van der Waals surface area contributed by atoms with Crippen molar-refractivity contribution in [2.75, 3.05) is 13.2 Å². The number of aliphatic hydroxyl groups excluding tert-OH is 1. The number of carbonyl (C=O) groups is 1. The van der Waals surface area contributed by atoms with Gasteiger partial charge in [0.1, 0.15) is 12.0 Å². The summed E-state index contributed by atoms with van der Waals surface area (Å²) in [4.78, 5) is 18.1. The minimum absolute atomic E-state index is 0.0658. The van der Waals surface area contributed by atoms with Gasteiger partial charge in [-0.25, -0.2) is 0 Å². The Bertz CT molecular complexity index is 565. The Hall–Kier alpha value is -1.47. The number of fused-ring (bicyclic) bond motifs is 3. The van der Waals surface area contributed by atoms with Gasteiger partial charge >= 0.3 is 5.97 Å². The number of aliphatic hydroxyl groups is 1. The number of carbonyl (C=O) groups excluding carboxylic acids is 1. The van der Waals surface area contributed by atoms with Crippen molar-refractivity contribution in [3.05, 3.63) is 35.9 Å². The summed E-state index contributed by atoms with van der Waals surface area (Å²) >= 11 is 0. The number of nitrogens with zero attached hydrogens (tertiary/aromatic N) is 1. The van der Waals surface area contributed by atoms with E-state index in [1.807, 2.05) is 35.4 Å². The molecular formula is C17H21NO5. The molecule has 4 rings (SSSR count). The molecule has 124 valence electrons. The van der Waals surface area contributed by atoms with Gasteiger partial charge in [-0.2, -0.15) is 5.06 Å². The summed E-state index contributed by atoms with van der Waals surface area (Å²) in [6, 6.07) is 9.88. The fourth-order valence-corrected chi connectivity index (χ4v) is 3.87. The number of hydroxylamine groups is 2. The molecule has 0 bridgehead atoms. The van der Waals surface area contributed by atoms with Crippen molar-refractivity contribution in [3.63, 3.8) is 0 Å². The standard InChI is InChI=1S/C17H21NO5/c19-9-13-16-14(17(20)22-13)15-12(7-4-8-18(15)23-16)21-10-11-5-2-1-3-6-11/h1-3,5-6,12-16,19H,4,7-10H2/t12-,13+,14+,15+,16+/m0/s1. The molecule has 5 atom stereocenters. The van der Waals surface area contributed by atoms with Crippen LogP contribution in [0.2, 0.25) is 0 Å². The van der Waals surface area contributed by atoms with Crippen molar-refractivity contribution < 1.29 is 24.2 Å². The average molecular weight is 319 g/mol. The monoisotopic (exact) mass is 319 g/mol. The highest BCUT2D eigenvalue weighted by Gasteiger charge is 2.60. The zero-order valence-corrected chi connectivity index (χ0v) is 12.8. The van der Waals surface area contributed by atoms with Crippen LogP contribution in [0.5, 0.6) is 0 Å². The number of cyclic esters (lactones) is 1. The first-order valence-corrected chi connectivity index (χ1v) is 8.18. The highest BCUT2D eigenvalue weighted by molar-refractivity contribution is 5.77. The third-order valence-electron chi connectivity index (χ3n) is 4.95. The number of benzene rings is 1. The van der Waals surface area contributed by atoms with E-state index < -0.39 is 12.2 Å². The number of piperidine rings is 1. The lowest BCUT2D eigenvalue weighted by atomic mass is 9.87. The normalized spacial score (nSPS) is 36.6. The maximum atomic E-state index is 12.2. The van der Waals surface area contributed by atoms with E-state index in [4.69, 9.17) is 14.3 Å². The maximum absolute atomic E-state index is 12.2. The van der Waals surface area contributed by atoms with E-state index in [1.165, 1.54) is 0 Å². The van der Waals surface area contributed by atoms with Crippen LogP contribution in [0.25, 0.3) is 0 Å². The third kappa shape index (κ3) is 2.65. The van der Waals surface area contributed by atoms with Crippen LogP contribution in [0.3, 0.4) is 0 Å². The van der Waals surface area contributed by atoms with Crippen molar-refractivity contribution in [2.45, 2.75) is 43.8 Å². The number of ether oxygens (including phenoxy) is 2. The highest BCUT2D eigenvalue weighted by Crippen LogP contribution is 2.42. The Morgan fingerprint density at radius 2 is 2.13 bits per heavy atom. The number of hydrogen-bond acceptors (Lipinski definition) is 6. The smallest absolute Gasteiger partial charge is 0.314 e. The van der Waals surface area contributed by atoms with Crippen LogP contribution in [-0.4, -0.2) is 53.6 Å². The van der Waals surface area contributed by atoms with Gasteiger partial charge in [0.25, 0.3) is 0 Å². The van der Waals surface area contributed by atoms with Crippen LogP contribution >= 0.6 is 0 Å². The quantitative estimate of drug-likeness (QED) is 0.831. The van der Waals surface area contributed by atoms with Gasteiger partial charge < -0.3 is 14.6 Å². The van der Waals surface area contributed by atoms with Gasteiger partial charge in [0.2, 0.25) is 0 Å². The summed E-state index contributed by atoms with van der Waals surface area (Å²) < 4.78 is 11.4. The van der Waals surface area contributed by atoms with Gasteiger partial charge in [-0.1, -0.05) is 30.3 Å². The van der Waals surface area contributed by atoms with Crippen LogP contribution < -0.4 is 0 Å². The van der Waals surface area contributed by atoms with E-state index in [1.54, 1.807) is 0 Å². The second-order valence-electron chi connectivity index (χ2n) is 6.36. The molecule has 0 aliphatic carbocycles. The maximum Gasteiger partial charge on any atom is 0.314 e. The summed E-state index contributed by atoms with van der Waals surface area (Å²) in [5.41, 5.74) is 1.11. The minimum Gasteiger partial charge on any atom is -0.457 e. The van der Waals surface area contributed by atoms with Crippen molar-refractivity contribution >= 4 is 5.97 Å². The lowest BCUT2D eigenvalue weighted by Gasteiger charge is -2.36. The molecular weight excluding hydrogens is 298 g/mol. The highest BCUT2D eigenvalue weighted by atomic mass is 16.7. The summed E-state index contributed by atoms with van der Waals surface area (Å²) in [6.07, 6.45) is 0.849. The van der Waals surface area contributed by atoms with E-state index in [-0.39, 0.29) is 30.6 Å². The Kier molecular flexibility index (Phi) is 4.07. The van der Waals surface area contributed by atoms with Crippen LogP contribution in [-0.2, 0) is 25.7 Å². The topological polar surface area (TPSA) is 68.2 Å². The zero-order valence-electron chi connectivity index (χ0n) is 12.8. The molecule has 3 fully saturated rings. The Morgan fingerprint density at radius 1 is 1.30 bits per heavy atom. The van der Waals surface area contributed by atoms with Crippen LogP contribution in [0.4, 0.5) is 0 Å². The number of esters is 1. The first-order chi connectivity index (χ1) is 11.3. The van der Waals surface area contributed by atoms with Crippen LogP contribution in [0.15, 0.2) is 30.3 Å². The molecule has 3 aliphatic heterocycles. The average Bonchev–Trinajstić information content (AvgIpc) is 3.11. The van der Waals surface area contributed by atoms with Gasteiger partial charge in [0.15, 0.2) is 6.10 Å². The van der Waals surface area contributed by atoms with Crippen molar-refractivity contribution in [1.29, 1.82) is 0 Å². The van der Waals surface area contributed by atoms with Gasteiger partial charge in [0, 0.05) is 6.54 Å². The third-order valence-corrected chi connectivity index (χ3v) is 4.95. The molecule has 0 aromatic heterocycles. The fourth-order valence-electron chi connectivity index (χ4n) is 3.87. The van der Waals surface area contributed by atoms with Crippen molar-refractivity contribution in [1.82, 2.24) is 5.06 Å². The second kappa shape index (κ2) is 6.20. The molecule has 3 heterocycles. The van der Waals surface area contributed by atoms with E-state index in [0.717, 1.165) is 24.9 Å². The molecule has 6 heteroatoms. The molecule has 23 heavy (non-hydrogen) atoms. The van der Waals surface area contributed by atoms with Gasteiger partial charge in [0.05, 0.1) is 25.4 Å². The summed E-state index contributed by atoms with van der Waals surface area (Å²) in [6.45, 7) is 1.10. The van der Waals surface area contributed by atoms with Crippen LogP contribution in [0.1, 0.15) is 18.4 Å². The van der Waals surface area contributed by atoms with Gasteiger partial charge in [-0.15, -0.1) is 0 Å². The zero-order chi connectivity index (χ0) is 15.8. The second-order valence-corrected chi connectivity index (χ2v) is 6.36.